The van der Waals surface area contributed by atoms with Gasteiger partial charge < -0.3 is 0 Å². The van der Waals surface area contributed by atoms with E-state index in [2.05, 4.69) is 19.7 Å². The highest BCUT2D eigenvalue weighted by atomic mass is 32.2. The van der Waals surface area contributed by atoms with Gasteiger partial charge in [0, 0.05) is 4.75 Å². The topological polar surface area (TPSA) is 0 Å². The second-order valence-corrected chi connectivity index (χ2v) is 5.91. The molecule has 0 nitrogen and oxygen atoms in total. The smallest absolute Gasteiger partial charge is 0.00484 e. The van der Waals surface area contributed by atoms with E-state index in [0.29, 0.717) is 15.2 Å². The van der Waals surface area contributed by atoms with Crippen LogP contribution in [0.4, 0.5) is 0 Å². The Hall–Kier alpha value is 0.220. The fraction of sp³-hybridized carbons (Fsp3) is 0.875. The van der Waals surface area contributed by atoms with Gasteiger partial charge in [-0.1, -0.05) is 26.1 Å². The van der Waals surface area contributed by atoms with E-state index in [4.69, 9.17) is 0 Å². The Balaban J connectivity index is 2.60. The molecule has 0 spiro atoms. The Morgan fingerprint density at radius 2 is 2.00 bits per heavy atom. The summed E-state index contributed by atoms with van der Waals surface area (Å²) >= 11 is 0. The molecule has 0 radical (unpaired) electrons. The molecule has 1 aliphatic heterocycles. The summed E-state index contributed by atoms with van der Waals surface area (Å²) in [6.45, 7) is 4.70. The van der Waals surface area contributed by atoms with E-state index in [0.717, 1.165) is 0 Å². The second-order valence-electron chi connectivity index (χ2n) is 3.41. The maximum atomic E-state index is 4.18. The first kappa shape index (κ1) is 7.33. The maximum absolute atomic E-state index is 4.18. The number of hydrogen-bond acceptors (Lipinski definition) is 0. The van der Waals surface area contributed by atoms with Crippen molar-refractivity contribution in [3.63, 3.8) is 0 Å². The average Bonchev–Trinajstić information content (AvgIpc) is 1.77. The molecule has 0 aromatic carbocycles. The van der Waals surface area contributed by atoms with Crippen LogP contribution in [0.2, 0.25) is 0 Å². The van der Waals surface area contributed by atoms with Gasteiger partial charge in [-0.3, -0.25) is 0 Å². The minimum absolute atomic E-state index is 0.449. The van der Waals surface area contributed by atoms with Crippen molar-refractivity contribution in [2.75, 3.05) is 5.75 Å². The Morgan fingerprint density at radius 1 is 1.33 bits per heavy atom. The van der Waals surface area contributed by atoms with Crippen molar-refractivity contribution in [1.82, 2.24) is 0 Å². The first-order valence-corrected chi connectivity index (χ1v) is 5.20. The SMILES string of the molecule is C=S1CCCCC1(C)C. The average molecular weight is 144 g/mol. The summed E-state index contributed by atoms with van der Waals surface area (Å²) in [5.41, 5.74) is 0. The van der Waals surface area contributed by atoms with Gasteiger partial charge in [-0.2, -0.15) is 10.5 Å². The minimum atomic E-state index is 0.449. The lowest BCUT2D eigenvalue weighted by Crippen LogP contribution is -2.21. The summed E-state index contributed by atoms with van der Waals surface area (Å²) in [6, 6.07) is 0. The van der Waals surface area contributed by atoms with Crippen molar-refractivity contribution >= 4 is 16.4 Å². The molecule has 1 heterocycles. The first-order chi connectivity index (χ1) is 4.13. The van der Waals surface area contributed by atoms with E-state index in [1.165, 1.54) is 25.0 Å². The van der Waals surface area contributed by atoms with Crippen molar-refractivity contribution in [2.24, 2.45) is 0 Å². The molecular formula is C8H16S. The molecule has 0 N–H and O–H groups in total. The molecule has 0 aliphatic carbocycles. The summed E-state index contributed by atoms with van der Waals surface area (Å²) in [4.78, 5) is 0. The molecule has 1 aliphatic rings. The van der Waals surface area contributed by atoms with Crippen LogP contribution in [-0.4, -0.2) is 16.4 Å². The Labute approximate surface area is 60.6 Å². The van der Waals surface area contributed by atoms with E-state index < -0.39 is 0 Å². The zero-order chi connectivity index (χ0) is 6.91. The predicted octanol–water partition coefficient (Wildman–Crippen LogP) is 2.65. The third kappa shape index (κ3) is 1.57. The van der Waals surface area contributed by atoms with Gasteiger partial charge in [-0.05, 0) is 18.6 Å². The molecule has 1 unspecified atom stereocenters. The summed E-state index contributed by atoms with van der Waals surface area (Å²) in [5.74, 6) is 5.55. The van der Waals surface area contributed by atoms with Crippen LogP contribution >= 0.6 is 10.5 Å². The minimum Gasteiger partial charge on any atom is -0.187 e. The molecule has 1 heteroatoms. The monoisotopic (exact) mass is 144 g/mol. The normalized spacial score (nSPS) is 34.2. The molecule has 0 bridgehead atoms. The van der Waals surface area contributed by atoms with E-state index in [1.54, 1.807) is 0 Å². The summed E-state index contributed by atoms with van der Waals surface area (Å²) in [7, 11) is 0.449. The molecule has 1 saturated heterocycles. The van der Waals surface area contributed by atoms with Crippen LogP contribution in [0.5, 0.6) is 0 Å². The Kier molecular flexibility index (Phi) is 2.00. The van der Waals surface area contributed by atoms with Crippen LogP contribution in [0.1, 0.15) is 33.1 Å². The Bertz CT molecular complexity index is 125. The van der Waals surface area contributed by atoms with Crippen LogP contribution in [0.3, 0.4) is 0 Å². The van der Waals surface area contributed by atoms with Gasteiger partial charge in [-0.15, -0.1) is 0 Å². The lowest BCUT2D eigenvalue weighted by atomic mass is 10.1. The van der Waals surface area contributed by atoms with Crippen molar-refractivity contribution in [3.05, 3.63) is 0 Å². The highest BCUT2D eigenvalue weighted by Gasteiger charge is 2.23. The third-order valence-corrected chi connectivity index (χ3v) is 4.75. The van der Waals surface area contributed by atoms with E-state index in [1.807, 2.05) is 0 Å². The highest BCUT2D eigenvalue weighted by molar-refractivity contribution is 8.15. The molecular weight excluding hydrogens is 128 g/mol. The van der Waals surface area contributed by atoms with Crippen LogP contribution in [0.15, 0.2) is 0 Å². The largest absolute Gasteiger partial charge is 0.187 e. The first-order valence-electron chi connectivity index (χ1n) is 3.64. The zero-order valence-corrected chi connectivity index (χ0v) is 7.26. The van der Waals surface area contributed by atoms with E-state index in [-0.39, 0.29) is 0 Å². The van der Waals surface area contributed by atoms with E-state index in [9.17, 15) is 0 Å². The van der Waals surface area contributed by atoms with Crippen molar-refractivity contribution < 1.29 is 0 Å². The quantitative estimate of drug-likeness (QED) is 0.458. The lowest BCUT2D eigenvalue weighted by Gasteiger charge is -2.32. The van der Waals surface area contributed by atoms with Crippen LogP contribution in [-0.2, 0) is 0 Å². The Morgan fingerprint density at radius 3 is 2.33 bits per heavy atom. The summed E-state index contributed by atoms with van der Waals surface area (Å²) in [6.07, 6.45) is 4.22. The van der Waals surface area contributed by atoms with Crippen molar-refractivity contribution in [2.45, 2.75) is 37.9 Å². The lowest BCUT2D eigenvalue weighted by molar-refractivity contribution is 0.573. The van der Waals surface area contributed by atoms with Crippen LogP contribution in [0, 0.1) is 0 Å². The third-order valence-electron chi connectivity index (χ3n) is 2.20. The van der Waals surface area contributed by atoms with Gasteiger partial charge >= 0.3 is 0 Å². The van der Waals surface area contributed by atoms with Gasteiger partial charge in [0.15, 0.2) is 0 Å². The van der Waals surface area contributed by atoms with Crippen molar-refractivity contribution in [1.29, 1.82) is 0 Å². The second kappa shape index (κ2) is 2.45. The van der Waals surface area contributed by atoms with Gasteiger partial charge in [-0.25, -0.2) is 0 Å². The fourth-order valence-corrected chi connectivity index (χ4v) is 2.79. The molecule has 9 heavy (non-hydrogen) atoms. The highest BCUT2D eigenvalue weighted by Crippen LogP contribution is 2.39. The summed E-state index contributed by atoms with van der Waals surface area (Å²) in [5, 5.41) is 0. The van der Waals surface area contributed by atoms with Gasteiger partial charge in [0.2, 0.25) is 0 Å². The van der Waals surface area contributed by atoms with Gasteiger partial charge in [0.1, 0.15) is 0 Å². The number of hydrogen-bond donors (Lipinski definition) is 0. The predicted molar refractivity (Wildman–Crippen MR) is 47.5 cm³/mol. The van der Waals surface area contributed by atoms with Crippen molar-refractivity contribution in [3.8, 4) is 0 Å². The molecule has 0 aromatic heterocycles. The van der Waals surface area contributed by atoms with Crippen LogP contribution < -0.4 is 0 Å². The summed E-state index contributed by atoms with van der Waals surface area (Å²) < 4.78 is 0.554. The van der Waals surface area contributed by atoms with Crippen LogP contribution in [0.25, 0.3) is 0 Å². The molecule has 1 atom stereocenters. The fourth-order valence-electron chi connectivity index (χ4n) is 1.25. The number of rotatable bonds is 0. The zero-order valence-electron chi connectivity index (χ0n) is 6.44. The molecule has 0 aromatic rings. The van der Waals surface area contributed by atoms with Gasteiger partial charge in [0.25, 0.3) is 0 Å². The molecule has 0 saturated carbocycles. The molecule has 0 amide bonds. The molecule has 1 fully saturated rings. The maximum Gasteiger partial charge on any atom is 0.00484 e. The van der Waals surface area contributed by atoms with E-state index >= 15 is 0 Å². The standard InChI is InChI=1S/C8H16S/c1-8(2)6-4-5-7-9(8)3/h3-7H2,1-2H3. The molecule has 54 valence electrons. The molecule has 1 rings (SSSR count). The van der Waals surface area contributed by atoms with Gasteiger partial charge in [0.05, 0.1) is 0 Å².